The van der Waals surface area contributed by atoms with Gasteiger partial charge in [-0.05, 0) is 70.1 Å². The van der Waals surface area contributed by atoms with Gasteiger partial charge in [0.05, 0.1) is 34.3 Å². The van der Waals surface area contributed by atoms with E-state index >= 15 is 0 Å². The zero-order chi connectivity index (χ0) is 28.0. The van der Waals surface area contributed by atoms with E-state index in [0.717, 1.165) is 40.8 Å². The maximum atomic E-state index is 5.00. The van der Waals surface area contributed by atoms with E-state index in [1.165, 1.54) is 55.2 Å². The molecule has 200 valence electrons. The Hall–Kier alpha value is -5.02. The zero-order valence-electron chi connectivity index (χ0n) is 23.7. The molecule has 2 aliphatic carbocycles. The van der Waals surface area contributed by atoms with Crippen LogP contribution in [-0.4, -0.2) is 14.5 Å². The molecule has 9 rings (SSSR count). The highest BCUT2D eigenvalue weighted by Gasteiger charge is 2.40. The number of hydrogen-bond acceptors (Lipinski definition) is 2. The second-order valence-electron chi connectivity index (χ2n) is 12.1. The van der Waals surface area contributed by atoms with Gasteiger partial charge in [0.2, 0.25) is 0 Å². The lowest BCUT2D eigenvalue weighted by atomic mass is 9.80. The summed E-state index contributed by atoms with van der Waals surface area (Å²) < 4.78 is 2.53. The third-order valence-corrected chi connectivity index (χ3v) is 9.46. The lowest BCUT2D eigenvalue weighted by molar-refractivity contribution is 0.663. The summed E-state index contributed by atoms with van der Waals surface area (Å²) >= 11 is 0. The summed E-state index contributed by atoms with van der Waals surface area (Å²) in [5, 5.41) is 5.16. The molecule has 0 saturated carbocycles. The Morgan fingerprint density at radius 1 is 0.762 bits per heavy atom. The first-order chi connectivity index (χ1) is 20.6. The van der Waals surface area contributed by atoms with Crippen molar-refractivity contribution >= 4 is 38.7 Å². The molecule has 3 nitrogen and oxygen atoms in total. The molecule has 0 amide bonds. The Balaban J connectivity index is 1.35. The van der Waals surface area contributed by atoms with Crippen LogP contribution in [0.1, 0.15) is 42.7 Å². The van der Waals surface area contributed by atoms with Crippen LogP contribution in [-0.2, 0) is 11.8 Å². The largest absolute Gasteiger partial charge is 0.311 e. The highest BCUT2D eigenvalue weighted by Crippen LogP contribution is 2.56. The van der Waals surface area contributed by atoms with Gasteiger partial charge in [-0.3, -0.25) is 4.98 Å². The molecule has 0 fully saturated rings. The van der Waals surface area contributed by atoms with Gasteiger partial charge >= 0.3 is 0 Å². The first-order valence-corrected chi connectivity index (χ1v) is 14.8. The second-order valence-corrected chi connectivity index (χ2v) is 12.1. The molecule has 0 N–H and O–H groups in total. The molecule has 4 aromatic carbocycles. The maximum absolute atomic E-state index is 5.00. The number of nitrogens with zero attached hydrogens (tertiary/aromatic N) is 3. The molecule has 0 spiro atoms. The minimum Gasteiger partial charge on any atom is -0.311 e. The van der Waals surface area contributed by atoms with Gasteiger partial charge in [-0.1, -0.05) is 98.8 Å². The molecule has 3 heteroatoms. The van der Waals surface area contributed by atoms with Crippen molar-refractivity contribution in [3.63, 3.8) is 0 Å². The standard InChI is InChI=1S/C39H29N3/c1-39(2)30-16-8-6-14-28(30)35-26-12-4-5-13-27(26)36-29-15-7-10-18-34(29)42(38(36)37(35)39)25-20-22-32(40-23-25)33-21-19-24-11-3-9-17-31(24)41-33/h3-9,11-17,19-23H,10,18H2,1-2H3. The van der Waals surface area contributed by atoms with Gasteiger partial charge in [-0.25, -0.2) is 4.98 Å². The molecular weight excluding hydrogens is 510 g/mol. The summed E-state index contributed by atoms with van der Waals surface area (Å²) in [6.07, 6.45) is 8.78. The monoisotopic (exact) mass is 539 g/mol. The van der Waals surface area contributed by atoms with Crippen LogP contribution in [0.5, 0.6) is 0 Å². The van der Waals surface area contributed by atoms with E-state index in [1.54, 1.807) is 0 Å². The Kier molecular flexibility index (Phi) is 4.79. The van der Waals surface area contributed by atoms with Crippen molar-refractivity contribution in [1.29, 1.82) is 0 Å². The van der Waals surface area contributed by atoms with E-state index in [1.807, 2.05) is 18.3 Å². The number of pyridine rings is 2. The summed E-state index contributed by atoms with van der Waals surface area (Å²) in [7, 11) is 0. The molecule has 0 radical (unpaired) electrons. The summed E-state index contributed by atoms with van der Waals surface area (Å²) in [6, 6.07) is 34.8. The van der Waals surface area contributed by atoms with Crippen molar-refractivity contribution < 1.29 is 0 Å². The molecule has 2 aliphatic rings. The molecule has 0 atom stereocenters. The highest BCUT2D eigenvalue weighted by atomic mass is 15.0. The molecule has 42 heavy (non-hydrogen) atoms. The quantitative estimate of drug-likeness (QED) is 0.219. The molecule has 0 aliphatic heterocycles. The number of fused-ring (bicyclic) bond motifs is 11. The predicted molar refractivity (Wildman–Crippen MR) is 174 cm³/mol. The maximum Gasteiger partial charge on any atom is 0.0893 e. The van der Waals surface area contributed by atoms with Gasteiger partial charge in [0.15, 0.2) is 0 Å². The minimum absolute atomic E-state index is 0.140. The van der Waals surface area contributed by atoms with Crippen molar-refractivity contribution in [2.24, 2.45) is 0 Å². The van der Waals surface area contributed by atoms with Crippen LogP contribution in [0.3, 0.4) is 0 Å². The summed E-state index contributed by atoms with van der Waals surface area (Å²) in [5.41, 5.74) is 13.3. The van der Waals surface area contributed by atoms with Gasteiger partial charge < -0.3 is 4.57 Å². The number of benzene rings is 4. The van der Waals surface area contributed by atoms with Crippen LogP contribution in [0.15, 0.2) is 109 Å². The van der Waals surface area contributed by atoms with Crippen LogP contribution in [0.4, 0.5) is 0 Å². The van der Waals surface area contributed by atoms with Crippen LogP contribution < -0.4 is 0 Å². The van der Waals surface area contributed by atoms with Crippen molar-refractivity contribution in [2.75, 3.05) is 0 Å². The lowest BCUT2D eigenvalue weighted by Crippen LogP contribution is -2.17. The summed E-state index contributed by atoms with van der Waals surface area (Å²) in [4.78, 5) is 9.90. The fourth-order valence-corrected chi connectivity index (χ4v) is 7.60. The van der Waals surface area contributed by atoms with Gasteiger partial charge in [0.1, 0.15) is 0 Å². The Morgan fingerprint density at radius 3 is 2.43 bits per heavy atom. The average molecular weight is 540 g/mol. The molecule has 0 saturated heterocycles. The smallest absolute Gasteiger partial charge is 0.0893 e. The van der Waals surface area contributed by atoms with E-state index in [-0.39, 0.29) is 5.41 Å². The third-order valence-electron chi connectivity index (χ3n) is 9.46. The van der Waals surface area contributed by atoms with Crippen LogP contribution in [0, 0.1) is 0 Å². The minimum atomic E-state index is -0.140. The van der Waals surface area contributed by atoms with Gasteiger partial charge in [0, 0.05) is 27.4 Å². The van der Waals surface area contributed by atoms with E-state index < -0.39 is 0 Å². The Labute approximate surface area is 244 Å². The van der Waals surface area contributed by atoms with Crippen molar-refractivity contribution in [3.8, 4) is 28.2 Å². The highest BCUT2D eigenvalue weighted by molar-refractivity contribution is 6.20. The van der Waals surface area contributed by atoms with E-state index in [2.05, 4.69) is 115 Å². The molecule has 0 unspecified atom stereocenters. The summed E-state index contributed by atoms with van der Waals surface area (Å²) in [5.74, 6) is 0. The molecule has 3 aromatic heterocycles. The topological polar surface area (TPSA) is 30.7 Å². The molecule has 7 aromatic rings. The molecule has 3 heterocycles. The van der Waals surface area contributed by atoms with E-state index in [4.69, 9.17) is 9.97 Å². The number of para-hydroxylation sites is 1. The van der Waals surface area contributed by atoms with Crippen LogP contribution in [0.2, 0.25) is 0 Å². The van der Waals surface area contributed by atoms with Crippen molar-refractivity contribution in [3.05, 3.63) is 132 Å². The fourth-order valence-electron chi connectivity index (χ4n) is 7.60. The van der Waals surface area contributed by atoms with Gasteiger partial charge in [-0.15, -0.1) is 0 Å². The third kappa shape index (κ3) is 3.11. The van der Waals surface area contributed by atoms with Gasteiger partial charge in [-0.2, -0.15) is 0 Å². The lowest BCUT2D eigenvalue weighted by Gasteiger charge is -2.24. The van der Waals surface area contributed by atoms with Crippen LogP contribution in [0.25, 0.3) is 66.9 Å². The van der Waals surface area contributed by atoms with Crippen LogP contribution >= 0.6 is 0 Å². The second kappa shape index (κ2) is 8.50. The Morgan fingerprint density at radius 2 is 1.55 bits per heavy atom. The summed E-state index contributed by atoms with van der Waals surface area (Å²) in [6.45, 7) is 4.79. The van der Waals surface area contributed by atoms with E-state index in [0.29, 0.717) is 0 Å². The van der Waals surface area contributed by atoms with Gasteiger partial charge in [0.25, 0.3) is 0 Å². The number of allylic oxidation sites excluding steroid dienone is 1. The first-order valence-electron chi connectivity index (χ1n) is 14.8. The van der Waals surface area contributed by atoms with E-state index in [9.17, 15) is 0 Å². The zero-order valence-corrected chi connectivity index (χ0v) is 23.7. The van der Waals surface area contributed by atoms with Crippen molar-refractivity contribution in [1.82, 2.24) is 14.5 Å². The number of rotatable bonds is 2. The fraction of sp³-hybridized carbons (Fsp3) is 0.128. The SMILES string of the molecule is CC1(C)c2ccccc2-c2c1c1c(c3c(n1-c1ccc(-c4ccc5ccccc5n4)nc1)CCC=C3)c1ccccc21. The number of hydrogen-bond donors (Lipinski definition) is 0. The number of aromatic nitrogens is 3. The first kappa shape index (κ1) is 23.7. The molecular formula is C39H29N3. The Bertz CT molecular complexity index is 2260. The normalized spacial score (nSPS) is 14.8. The average Bonchev–Trinajstić information content (AvgIpc) is 3.50. The van der Waals surface area contributed by atoms with Crippen molar-refractivity contribution in [2.45, 2.75) is 32.1 Å². The predicted octanol–water partition coefficient (Wildman–Crippen LogP) is 9.66. The molecule has 0 bridgehead atoms.